The molecule has 0 radical (unpaired) electrons. The first-order valence-electron chi connectivity index (χ1n) is 5.26. The monoisotopic (exact) mass is 225 g/mol. The van der Waals surface area contributed by atoms with Crippen LogP contribution in [0.5, 0.6) is 0 Å². The van der Waals surface area contributed by atoms with Gasteiger partial charge >= 0.3 is 0 Å². The first-order valence-corrected chi connectivity index (χ1v) is 6.41. The number of hydrogen-bond donors (Lipinski definition) is 2. The average molecular weight is 225 g/mol. The van der Waals surface area contributed by atoms with Gasteiger partial charge in [0.15, 0.2) is 5.96 Å². The van der Waals surface area contributed by atoms with Crippen LogP contribution in [0.25, 0.3) is 0 Å². The average Bonchev–Trinajstić information content (AvgIpc) is 2.92. The molecule has 0 heterocycles. The quantitative estimate of drug-likeness (QED) is 0.316. The lowest BCUT2D eigenvalue weighted by Crippen LogP contribution is -2.40. The van der Waals surface area contributed by atoms with Crippen molar-refractivity contribution in [1.82, 2.24) is 10.6 Å². The van der Waals surface area contributed by atoms with Crippen LogP contribution >= 0.6 is 11.8 Å². The van der Waals surface area contributed by atoms with Gasteiger partial charge in [-0.15, -0.1) is 18.2 Å². The molecule has 1 fully saturated rings. The summed E-state index contributed by atoms with van der Waals surface area (Å²) in [4.78, 5) is 4.17. The van der Waals surface area contributed by atoms with Crippen LogP contribution in [-0.4, -0.2) is 37.1 Å². The molecule has 1 aliphatic carbocycles. The Morgan fingerprint density at radius 2 is 2.40 bits per heavy atom. The summed E-state index contributed by atoms with van der Waals surface area (Å²) in [5, 5.41) is 6.64. The molecule has 0 saturated heterocycles. The Bertz CT molecular complexity index is 257. The summed E-state index contributed by atoms with van der Waals surface area (Å²) in [6.07, 6.45) is 6.42. The molecule has 0 spiro atoms. The molecule has 1 aliphatic rings. The topological polar surface area (TPSA) is 36.4 Å². The van der Waals surface area contributed by atoms with Crippen LogP contribution in [0.4, 0.5) is 0 Å². The van der Waals surface area contributed by atoms with Crippen molar-refractivity contribution in [3.63, 3.8) is 0 Å². The fraction of sp³-hybridized carbons (Fsp3) is 0.727. The van der Waals surface area contributed by atoms with Crippen LogP contribution in [0, 0.1) is 18.3 Å². The highest BCUT2D eigenvalue weighted by Gasteiger charge is 2.32. The molecule has 2 N–H and O–H groups in total. The first kappa shape index (κ1) is 12.3. The van der Waals surface area contributed by atoms with Crippen molar-refractivity contribution >= 4 is 17.7 Å². The second-order valence-electron chi connectivity index (χ2n) is 3.72. The molecule has 1 rings (SSSR count). The third kappa shape index (κ3) is 4.98. The van der Waals surface area contributed by atoms with Crippen LogP contribution in [0.1, 0.15) is 13.3 Å². The highest BCUT2D eigenvalue weighted by Crippen LogP contribution is 2.28. The largest absolute Gasteiger partial charge is 0.356 e. The standard InChI is InChI=1S/C11H19N3S/c1-4-6-15-7-5-13-11(12-3)14-10-8-9(10)2/h1,9-10H,5-8H2,2-3H3,(H2,12,13,14). The molecule has 0 aromatic carbocycles. The Kier molecular flexibility index (Phi) is 5.41. The number of rotatable bonds is 5. The van der Waals surface area contributed by atoms with Gasteiger partial charge in [-0.1, -0.05) is 12.8 Å². The van der Waals surface area contributed by atoms with Crippen molar-refractivity contribution in [1.29, 1.82) is 0 Å². The number of nitrogens with one attached hydrogen (secondary N) is 2. The maximum atomic E-state index is 5.16. The lowest BCUT2D eigenvalue weighted by atomic mass is 10.5. The summed E-state index contributed by atoms with van der Waals surface area (Å²) >= 11 is 1.76. The Labute approximate surface area is 96.5 Å². The van der Waals surface area contributed by atoms with E-state index in [1.807, 2.05) is 0 Å². The van der Waals surface area contributed by atoms with Gasteiger partial charge in [-0.25, -0.2) is 0 Å². The molecule has 84 valence electrons. The summed E-state index contributed by atoms with van der Waals surface area (Å²) in [5.74, 6) is 6.11. The van der Waals surface area contributed by atoms with E-state index in [0.29, 0.717) is 6.04 Å². The lowest BCUT2D eigenvalue weighted by Gasteiger charge is -2.10. The molecular weight excluding hydrogens is 206 g/mol. The summed E-state index contributed by atoms with van der Waals surface area (Å²) in [5.41, 5.74) is 0. The van der Waals surface area contributed by atoms with Crippen LogP contribution in [0.3, 0.4) is 0 Å². The minimum absolute atomic E-state index is 0.620. The Balaban J connectivity index is 2.05. The molecule has 0 bridgehead atoms. The first-order chi connectivity index (χ1) is 7.27. The highest BCUT2D eigenvalue weighted by atomic mass is 32.2. The molecular formula is C11H19N3S. The van der Waals surface area contributed by atoms with Crippen LogP contribution < -0.4 is 10.6 Å². The maximum Gasteiger partial charge on any atom is 0.191 e. The molecule has 2 atom stereocenters. The highest BCUT2D eigenvalue weighted by molar-refractivity contribution is 7.99. The second-order valence-corrected chi connectivity index (χ2v) is 4.82. The van der Waals surface area contributed by atoms with Gasteiger partial charge in [-0.3, -0.25) is 4.99 Å². The minimum Gasteiger partial charge on any atom is -0.356 e. The van der Waals surface area contributed by atoms with E-state index in [4.69, 9.17) is 6.42 Å². The Hall–Kier alpha value is -0.820. The molecule has 2 unspecified atom stereocenters. The van der Waals surface area contributed by atoms with Crippen LogP contribution in [-0.2, 0) is 0 Å². The molecule has 4 heteroatoms. The Morgan fingerprint density at radius 3 is 2.93 bits per heavy atom. The van der Waals surface area contributed by atoms with Gasteiger partial charge in [0, 0.05) is 25.4 Å². The maximum absolute atomic E-state index is 5.16. The minimum atomic E-state index is 0.620. The van der Waals surface area contributed by atoms with E-state index in [0.717, 1.165) is 29.9 Å². The van der Waals surface area contributed by atoms with E-state index in [-0.39, 0.29) is 0 Å². The predicted molar refractivity (Wildman–Crippen MR) is 68.2 cm³/mol. The predicted octanol–water partition coefficient (Wildman–Crippen LogP) is 0.926. The zero-order valence-electron chi connectivity index (χ0n) is 9.42. The van der Waals surface area contributed by atoms with Gasteiger partial charge in [0.25, 0.3) is 0 Å². The van der Waals surface area contributed by atoms with E-state index >= 15 is 0 Å². The van der Waals surface area contributed by atoms with E-state index in [1.54, 1.807) is 18.8 Å². The second kappa shape index (κ2) is 6.62. The van der Waals surface area contributed by atoms with Crippen molar-refractivity contribution in [2.24, 2.45) is 10.9 Å². The summed E-state index contributed by atoms with van der Waals surface area (Å²) in [6, 6.07) is 0.620. The van der Waals surface area contributed by atoms with E-state index in [1.165, 1.54) is 6.42 Å². The molecule has 0 aliphatic heterocycles. The Morgan fingerprint density at radius 1 is 1.67 bits per heavy atom. The summed E-state index contributed by atoms with van der Waals surface area (Å²) in [7, 11) is 1.80. The van der Waals surface area contributed by atoms with Gasteiger partial charge in [-0.2, -0.15) is 0 Å². The number of terminal acetylenes is 1. The summed E-state index contributed by atoms with van der Waals surface area (Å²) < 4.78 is 0. The van der Waals surface area contributed by atoms with Gasteiger partial charge in [-0.05, 0) is 12.3 Å². The van der Waals surface area contributed by atoms with Crippen molar-refractivity contribution < 1.29 is 0 Å². The van der Waals surface area contributed by atoms with Crippen LogP contribution in [0.2, 0.25) is 0 Å². The number of guanidine groups is 1. The fourth-order valence-corrected chi connectivity index (χ4v) is 1.77. The zero-order chi connectivity index (χ0) is 11.1. The molecule has 0 amide bonds. The molecule has 3 nitrogen and oxygen atoms in total. The van der Waals surface area contributed by atoms with Gasteiger partial charge in [0.05, 0.1) is 5.75 Å². The summed E-state index contributed by atoms with van der Waals surface area (Å²) in [6.45, 7) is 3.15. The van der Waals surface area contributed by atoms with Crippen molar-refractivity contribution in [2.45, 2.75) is 19.4 Å². The van der Waals surface area contributed by atoms with E-state index in [9.17, 15) is 0 Å². The lowest BCUT2D eigenvalue weighted by molar-refractivity contribution is 0.775. The zero-order valence-corrected chi connectivity index (χ0v) is 10.2. The molecule has 1 saturated carbocycles. The van der Waals surface area contributed by atoms with Crippen LogP contribution in [0.15, 0.2) is 4.99 Å². The third-order valence-corrected chi connectivity index (χ3v) is 3.24. The smallest absolute Gasteiger partial charge is 0.191 e. The van der Waals surface area contributed by atoms with E-state index < -0.39 is 0 Å². The van der Waals surface area contributed by atoms with Crippen molar-refractivity contribution in [2.75, 3.05) is 25.1 Å². The molecule has 0 aromatic rings. The number of aliphatic imine (C=N–C) groups is 1. The third-order valence-electron chi connectivity index (χ3n) is 2.38. The number of hydrogen-bond acceptors (Lipinski definition) is 2. The molecule has 0 aromatic heterocycles. The normalized spacial score (nSPS) is 24.5. The van der Waals surface area contributed by atoms with Gasteiger partial charge in [0.2, 0.25) is 0 Å². The van der Waals surface area contributed by atoms with Crippen molar-refractivity contribution in [3.05, 3.63) is 0 Å². The SMILES string of the molecule is C#CCSCCNC(=NC)NC1CC1C. The van der Waals surface area contributed by atoms with Gasteiger partial charge in [0.1, 0.15) is 0 Å². The van der Waals surface area contributed by atoms with Gasteiger partial charge < -0.3 is 10.6 Å². The van der Waals surface area contributed by atoms with Crippen molar-refractivity contribution in [3.8, 4) is 12.3 Å². The number of thioether (sulfide) groups is 1. The molecule has 15 heavy (non-hydrogen) atoms. The van der Waals surface area contributed by atoms with E-state index in [2.05, 4.69) is 28.5 Å². The number of nitrogens with zero attached hydrogens (tertiary/aromatic N) is 1. The fourth-order valence-electron chi connectivity index (χ4n) is 1.27.